The number of carbonyl (C=O) groups excluding carboxylic acids is 3. The molecule has 0 spiro atoms. The number of nitrogens with one attached hydrogen (secondary N) is 2. The molecule has 14 heteroatoms. The summed E-state index contributed by atoms with van der Waals surface area (Å²) in [5.74, 6) is -2.87. The summed E-state index contributed by atoms with van der Waals surface area (Å²) in [7, 11) is -4.27. The summed E-state index contributed by atoms with van der Waals surface area (Å²) in [6.07, 6.45) is -1.95. The van der Waals surface area contributed by atoms with Gasteiger partial charge >= 0.3 is 24.1 Å². The first kappa shape index (κ1) is 37.3. The smallest absolute Gasteiger partial charge is 0.407 e. The fourth-order valence-corrected chi connectivity index (χ4v) is 6.43. The number of benzene rings is 2. The maximum absolute atomic E-state index is 13.2. The second kappa shape index (κ2) is 15.6. The van der Waals surface area contributed by atoms with Crippen LogP contribution in [0, 0.1) is 0 Å². The summed E-state index contributed by atoms with van der Waals surface area (Å²) in [5, 5.41) is 14.5. The number of alkyl carbamates (subject to hydrolysis) is 2. The number of carboxylic acids is 1. The molecule has 3 N–H and O–H groups in total. The van der Waals surface area contributed by atoms with Crippen LogP contribution in [0.5, 0.6) is 0 Å². The lowest BCUT2D eigenvalue weighted by molar-refractivity contribution is -0.155. The maximum atomic E-state index is 13.2. The Labute approximate surface area is 276 Å². The number of carbonyl (C=O) groups is 4. The number of nitrogens with zero attached hydrogens (tertiary/aromatic N) is 1. The number of carboxylic acid groups (broad SMARTS) is 1. The molecule has 0 aromatic heterocycles. The first-order valence-corrected chi connectivity index (χ1v) is 17.0. The van der Waals surface area contributed by atoms with E-state index in [0.29, 0.717) is 4.31 Å². The predicted molar refractivity (Wildman–Crippen MR) is 174 cm³/mol. The van der Waals surface area contributed by atoms with Crippen LogP contribution in [0.4, 0.5) is 9.59 Å². The number of esters is 1. The highest BCUT2D eigenvalue weighted by Crippen LogP contribution is 2.44. The monoisotopic (exact) mass is 675 g/mol. The largest absolute Gasteiger partial charge is 0.480 e. The normalized spacial score (nSPS) is 13.7. The third-order valence-corrected chi connectivity index (χ3v) is 8.72. The zero-order valence-corrected chi connectivity index (χ0v) is 28.5. The Balaban J connectivity index is 1.73. The SMILES string of the molecule is CC(C)(C)OC(=O)CC[C@@H](CN(CC(=O)O)S(=O)(=O)CCNC(=O)OC(C)(C)C)NC(=O)OCC1c2ccccc2-c2ccccc21. The molecule has 2 aromatic rings. The van der Waals surface area contributed by atoms with Crippen molar-refractivity contribution < 1.29 is 46.9 Å². The van der Waals surface area contributed by atoms with Crippen molar-refractivity contribution in [3.8, 4) is 11.1 Å². The van der Waals surface area contributed by atoms with Gasteiger partial charge in [0.15, 0.2) is 0 Å². The Morgan fingerprint density at radius 1 is 0.872 bits per heavy atom. The van der Waals surface area contributed by atoms with Crippen LogP contribution in [0.25, 0.3) is 11.1 Å². The van der Waals surface area contributed by atoms with Crippen molar-refractivity contribution in [2.75, 3.05) is 32.0 Å². The summed E-state index contributed by atoms with van der Waals surface area (Å²) >= 11 is 0. The first-order chi connectivity index (χ1) is 21.8. The highest BCUT2D eigenvalue weighted by atomic mass is 32.2. The molecule has 2 amide bonds. The molecule has 1 atom stereocenters. The summed E-state index contributed by atoms with van der Waals surface area (Å²) in [6.45, 7) is 8.30. The van der Waals surface area contributed by atoms with Gasteiger partial charge in [-0.15, -0.1) is 0 Å². The average Bonchev–Trinajstić information content (AvgIpc) is 3.26. The van der Waals surface area contributed by atoms with Crippen LogP contribution in [0.3, 0.4) is 0 Å². The van der Waals surface area contributed by atoms with Crippen molar-refractivity contribution in [1.29, 1.82) is 0 Å². The second-order valence-electron chi connectivity index (χ2n) is 13.2. The summed E-state index contributed by atoms with van der Waals surface area (Å²) < 4.78 is 43.3. The number of rotatable bonds is 14. The fourth-order valence-electron chi connectivity index (χ4n) is 5.10. The first-order valence-electron chi connectivity index (χ1n) is 15.3. The van der Waals surface area contributed by atoms with Crippen molar-refractivity contribution >= 4 is 34.1 Å². The number of amides is 2. The molecular formula is C33H45N3O10S. The lowest BCUT2D eigenvalue weighted by atomic mass is 9.98. The van der Waals surface area contributed by atoms with E-state index >= 15 is 0 Å². The molecule has 3 rings (SSSR count). The molecule has 2 aromatic carbocycles. The van der Waals surface area contributed by atoms with E-state index in [9.17, 15) is 32.7 Å². The van der Waals surface area contributed by atoms with Gasteiger partial charge in [-0.2, -0.15) is 4.31 Å². The molecule has 0 unspecified atom stereocenters. The molecule has 0 radical (unpaired) electrons. The van der Waals surface area contributed by atoms with Gasteiger partial charge in [0.05, 0.1) is 5.75 Å². The van der Waals surface area contributed by atoms with E-state index in [1.165, 1.54) is 0 Å². The van der Waals surface area contributed by atoms with Crippen LogP contribution in [-0.2, 0) is 33.8 Å². The minimum absolute atomic E-state index is 0.00782. The lowest BCUT2D eigenvalue weighted by Crippen LogP contribution is -2.49. The van der Waals surface area contributed by atoms with Crippen LogP contribution in [0.15, 0.2) is 48.5 Å². The zero-order valence-electron chi connectivity index (χ0n) is 27.7. The molecule has 13 nitrogen and oxygen atoms in total. The average molecular weight is 676 g/mol. The highest BCUT2D eigenvalue weighted by Gasteiger charge is 2.32. The Hall–Kier alpha value is -4.17. The minimum Gasteiger partial charge on any atom is -0.480 e. The molecule has 0 fully saturated rings. The van der Waals surface area contributed by atoms with E-state index in [2.05, 4.69) is 10.6 Å². The van der Waals surface area contributed by atoms with Crippen molar-refractivity contribution in [2.24, 2.45) is 0 Å². The summed E-state index contributed by atoms with van der Waals surface area (Å²) in [5.41, 5.74) is 2.52. The number of sulfonamides is 1. The van der Waals surface area contributed by atoms with Gasteiger partial charge in [-0.1, -0.05) is 48.5 Å². The molecule has 0 saturated heterocycles. The van der Waals surface area contributed by atoms with Crippen molar-refractivity contribution in [3.63, 3.8) is 0 Å². The second-order valence-corrected chi connectivity index (χ2v) is 15.3. The molecule has 0 bridgehead atoms. The van der Waals surface area contributed by atoms with Gasteiger partial charge in [0.2, 0.25) is 10.0 Å². The number of ether oxygens (including phenoxy) is 3. The number of hydrogen-bond donors (Lipinski definition) is 3. The van der Waals surface area contributed by atoms with Crippen molar-refractivity contribution in [1.82, 2.24) is 14.9 Å². The van der Waals surface area contributed by atoms with E-state index < -0.39 is 70.2 Å². The summed E-state index contributed by atoms with van der Waals surface area (Å²) in [6, 6.07) is 14.6. The van der Waals surface area contributed by atoms with Gasteiger partial charge in [0, 0.05) is 31.5 Å². The van der Waals surface area contributed by atoms with Crippen LogP contribution < -0.4 is 10.6 Å². The van der Waals surface area contributed by atoms with Crippen molar-refractivity contribution in [2.45, 2.75) is 77.5 Å². The quantitative estimate of drug-likeness (QED) is 0.194. The molecule has 0 saturated carbocycles. The van der Waals surface area contributed by atoms with Gasteiger partial charge < -0.3 is 30.0 Å². The minimum atomic E-state index is -4.27. The van der Waals surface area contributed by atoms with E-state index in [1.807, 2.05) is 48.5 Å². The fraction of sp³-hybridized carbons (Fsp3) is 0.515. The Morgan fingerprint density at radius 2 is 1.43 bits per heavy atom. The Morgan fingerprint density at radius 3 is 1.96 bits per heavy atom. The van der Waals surface area contributed by atoms with E-state index in [4.69, 9.17) is 14.2 Å². The maximum Gasteiger partial charge on any atom is 0.407 e. The molecule has 1 aliphatic carbocycles. The highest BCUT2D eigenvalue weighted by molar-refractivity contribution is 7.89. The van der Waals surface area contributed by atoms with Gasteiger partial charge in [0.1, 0.15) is 24.4 Å². The molecular weight excluding hydrogens is 630 g/mol. The van der Waals surface area contributed by atoms with Crippen LogP contribution in [0.2, 0.25) is 0 Å². The topological polar surface area (TPSA) is 178 Å². The predicted octanol–water partition coefficient (Wildman–Crippen LogP) is 4.26. The lowest BCUT2D eigenvalue weighted by Gasteiger charge is -2.27. The van der Waals surface area contributed by atoms with Crippen LogP contribution >= 0.6 is 0 Å². The Bertz CT molecular complexity index is 1500. The van der Waals surface area contributed by atoms with Gasteiger partial charge in [-0.3, -0.25) is 9.59 Å². The van der Waals surface area contributed by atoms with E-state index in [0.717, 1.165) is 22.3 Å². The van der Waals surface area contributed by atoms with Gasteiger partial charge in [0.25, 0.3) is 0 Å². The van der Waals surface area contributed by atoms with Gasteiger partial charge in [-0.25, -0.2) is 18.0 Å². The van der Waals surface area contributed by atoms with Crippen LogP contribution in [-0.4, -0.2) is 91.2 Å². The third-order valence-electron chi connectivity index (χ3n) is 6.94. The van der Waals surface area contributed by atoms with E-state index in [-0.39, 0.29) is 31.9 Å². The zero-order chi connectivity index (χ0) is 35.0. The number of hydrogen-bond acceptors (Lipinski definition) is 9. The molecule has 258 valence electrons. The summed E-state index contributed by atoms with van der Waals surface area (Å²) in [4.78, 5) is 49.3. The molecule has 0 heterocycles. The molecule has 1 aliphatic rings. The van der Waals surface area contributed by atoms with Crippen molar-refractivity contribution in [3.05, 3.63) is 59.7 Å². The molecule has 47 heavy (non-hydrogen) atoms. The number of aliphatic carboxylic acids is 1. The standard InChI is InChI=1S/C33H45N3O10S/c1-32(2,3)45-29(39)16-15-22(19-36(20-28(37)38)47(42,43)18-17-34-30(40)46-33(4,5)6)35-31(41)44-21-27-25-13-9-7-11-23(25)24-12-8-10-14-26(24)27/h7-14,22,27H,15-21H2,1-6H3,(H,34,40)(H,35,41)(H,37,38)/t22-/m0/s1. The van der Waals surface area contributed by atoms with Gasteiger partial charge in [-0.05, 0) is 70.2 Å². The van der Waals surface area contributed by atoms with E-state index in [1.54, 1.807) is 41.5 Å². The molecule has 0 aliphatic heterocycles. The Kier molecular flexibility index (Phi) is 12.4. The third kappa shape index (κ3) is 11.9. The number of fused-ring (bicyclic) bond motifs is 3. The van der Waals surface area contributed by atoms with Crippen LogP contribution in [0.1, 0.15) is 71.4 Å².